The van der Waals surface area contributed by atoms with Crippen molar-refractivity contribution in [1.29, 1.82) is 0 Å². The third kappa shape index (κ3) is 4.32. The molecule has 0 saturated carbocycles. The van der Waals surface area contributed by atoms with Gasteiger partial charge in [0.15, 0.2) is 0 Å². The lowest BCUT2D eigenvalue weighted by Crippen LogP contribution is -2.13. The van der Waals surface area contributed by atoms with Gasteiger partial charge in [-0.25, -0.2) is 0 Å². The third-order valence-corrected chi connectivity index (χ3v) is 3.17. The number of hydrogen-bond acceptors (Lipinski definition) is 9. The minimum atomic E-state index is -1.09. The van der Waals surface area contributed by atoms with Crippen molar-refractivity contribution in [3.63, 3.8) is 0 Å². The summed E-state index contributed by atoms with van der Waals surface area (Å²) in [5.41, 5.74) is -3.62. The zero-order valence-electron chi connectivity index (χ0n) is 12.9. The summed E-state index contributed by atoms with van der Waals surface area (Å²) in [6.07, 6.45) is 0. The number of amides is 1. The van der Waals surface area contributed by atoms with E-state index in [1.54, 1.807) is 0 Å². The summed E-state index contributed by atoms with van der Waals surface area (Å²) in [7, 11) is 0. The number of nitro benzene ring substituents is 4. The molecule has 0 saturated heterocycles. The van der Waals surface area contributed by atoms with Crippen LogP contribution < -0.4 is 5.32 Å². The van der Waals surface area contributed by atoms with Gasteiger partial charge in [-0.05, 0) is 0 Å². The van der Waals surface area contributed by atoms with Crippen LogP contribution in [0.5, 0.6) is 0 Å². The van der Waals surface area contributed by atoms with Crippen LogP contribution >= 0.6 is 0 Å². The molecule has 0 aliphatic carbocycles. The second-order valence-electron chi connectivity index (χ2n) is 4.96. The van der Waals surface area contributed by atoms with Gasteiger partial charge in [-0.3, -0.25) is 45.3 Å². The van der Waals surface area contributed by atoms with Crippen molar-refractivity contribution >= 4 is 34.3 Å². The van der Waals surface area contributed by atoms with Crippen molar-refractivity contribution in [2.45, 2.75) is 0 Å². The second kappa shape index (κ2) is 7.18. The molecule has 138 valence electrons. The minimum Gasteiger partial charge on any atom is -0.321 e. The average Bonchev–Trinajstić information content (AvgIpc) is 2.60. The van der Waals surface area contributed by atoms with E-state index >= 15 is 0 Å². The highest BCUT2D eigenvalue weighted by Gasteiger charge is 2.22. The van der Waals surface area contributed by atoms with Crippen LogP contribution in [0.3, 0.4) is 0 Å². The summed E-state index contributed by atoms with van der Waals surface area (Å²) in [5.74, 6) is -1.09. The predicted molar refractivity (Wildman–Crippen MR) is 87.5 cm³/mol. The number of nitrogens with zero attached hydrogens (tertiary/aromatic N) is 4. The summed E-state index contributed by atoms with van der Waals surface area (Å²) in [5, 5.41) is 45.5. The Morgan fingerprint density at radius 2 is 0.963 bits per heavy atom. The van der Waals surface area contributed by atoms with Gasteiger partial charge in [0.25, 0.3) is 28.7 Å². The SMILES string of the molecule is O=C(Nc1cc([N+](=O)[O-])cc([N+](=O)[O-])c1)c1cc([N+](=O)[O-])cc([N+](=O)[O-])c1. The van der Waals surface area contributed by atoms with Gasteiger partial charge in [-0.1, -0.05) is 0 Å². The highest BCUT2D eigenvalue weighted by Crippen LogP contribution is 2.27. The average molecular weight is 377 g/mol. The Morgan fingerprint density at radius 3 is 1.30 bits per heavy atom. The van der Waals surface area contributed by atoms with E-state index < -0.39 is 53.9 Å². The first-order valence-corrected chi connectivity index (χ1v) is 6.77. The van der Waals surface area contributed by atoms with Gasteiger partial charge in [-0.2, -0.15) is 0 Å². The van der Waals surface area contributed by atoms with Gasteiger partial charge < -0.3 is 5.32 Å². The fourth-order valence-corrected chi connectivity index (χ4v) is 2.02. The monoisotopic (exact) mass is 377 g/mol. The molecule has 0 radical (unpaired) electrons. The van der Waals surface area contributed by atoms with E-state index in [-0.39, 0.29) is 5.69 Å². The van der Waals surface area contributed by atoms with Crippen molar-refractivity contribution in [3.8, 4) is 0 Å². The molecule has 0 atom stereocenters. The molecule has 0 spiro atoms. The van der Waals surface area contributed by atoms with E-state index in [0.29, 0.717) is 12.1 Å². The molecule has 0 aromatic heterocycles. The number of nitro groups is 4. The molecule has 0 aliphatic heterocycles. The Bertz CT molecular complexity index is 939. The molecular weight excluding hydrogens is 370 g/mol. The van der Waals surface area contributed by atoms with Gasteiger partial charge in [0.05, 0.1) is 43.1 Å². The standard InChI is InChI=1S/C13H7N5O9/c19-13(7-1-9(15(20)21)5-10(2-7)16(22)23)14-8-3-11(17(24)25)6-12(4-8)18(26)27/h1-6H,(H,14,19). The number of anilines is 1. The summed E-state index contributed by atoms with van der Waals surface area (Å²) in [6, 6.07) is 4.50. The highest BCUT2D eigenvalue weighted by atomic mass is 16.6. The highest BCUT2D eigenvalue weighted by molar-refractivity contribution is 6.05. The van der Waals surface area contributed by atoms with Crippen LogP contribution in [0.2, 0.25) is 0 Å². The molecule has 2 rings (SSSR count). The number of carbonyl (C=O) groups is 1. The summed E-state index contributed by atoms with van der Waals surface area (Å²) in [4.78, 5) is 51.9. The molecule has 1 N–H and O–H groups in total. The Labute approximate surface area is 147 Å². The minimum absolute atomic E-state index is 0.338. The fourth-order valence-electron chi connectivity index (χ4n) is 2.02. The Kier molecular flexibility index (Phi) is 5.01. The smallest absolute Gasteiger partial charge is 0.278 e. The Balaban J connectivity index is 2.45. The fraction of sp³-hybridized carbons (Fsp3) is 0. The Hall–Kier alpha value is -4.49. The van der Waals surface area contributed by atoms with Gasteiger partial charge >= 0.3 is 0 Å². The van der Waals surface area contributed by atoms with Crippen LogP contribution in [0, 0.1) is 40.5 Å². The number of non-ortho nitro benzene ring substituents is 4. The molecule has 0 heterocycles. The lowest BCUT2D eigenvalue weighted by molar-refractivity contribution is -0.394. The number of carbonyl (C=O) groups excluding carboxylic acids is 1. The maximum absolute atomic E-state index is 12.2. The largest absolute Gasteiger partial charge is 0.321 e. The number of rotatable bonds is 6. The molecule has 2 aromatic carbocycles. The molecule has 1 amide bonds. The summed E-state index contributed by atoms with van der Waals surface area (Å²) < 4.78 is 0. The zero-order chi connectivity index (χ0) is 20.3. The number of hydrogen-bond donors (Lipinski definition) is 1. The molecule has 14 heteroatoms. The molecule has 0 aliphatic rings. The summed E-state index contributed by atoms with van der Waals surface area (Å²) in [6.45, 7) is 0. The van der Waals surface area contributed by atoms with Crippen LogP contribution in [0.4, 0.5) is 28.4 Å². The normalized spacial score (nSPS) is 10.1. The first-order chi connectivity index (χ1) is 12.6. The topological polar surface area (TPSA) is 202 Å². The number of nitrogens with one attached hydrogen (secondary N) is 1. The van der Waals surface area contributed by atoms with Crippen LogP contribution in [0.15, 0.2) is 36.4 Å². The summed E-state index contributed by atoms with van der Waals surface area (Å²) >= 11 is 0. The van der Waals surface area contributed by atoms with E-state index in [1.807, 2.05) is 0 Å². The van der Waals surface area contributed by atoms with E-state index in [0.717, 1.165) is 24.3 Å². The molecule has 27 heavy (non-hydrogen) atoms. The maximum Gasteiger partial charge on any atom is 0.278 e. The van der Waals surface area contributed by atoms with Crippen molar-refractivity contribution in [1.82, 2.24) is 0 Å². The zero-order valence-corrected chi connectivity index (χ0v) is 12.9. The van der Waals surface area contributed by atoms with Crippen LogP contribution in [-0.4, -0.2) is 25.6 Å². The Morgan fingerprint density at radius 1 is 0.630 bits per heavy atom. The van der Waals surface area contributed by atoms with Crippen LogP contribution in [0.1, 0.15) is 10.4 Å². The van der Waals surface area contributed by atoms with Crippen molar-refractivity contribution in [2.75, 3.05) is 5.32 Å². The lowest BCUT2D eigenvalue weighted by Gasteiger charge is -2.06. The van der Waals surface area contributed by atoms with Gasteiger partial charge in [-0.15, -0.1) is 0 Å². The number of benzene rings is 2. The quantitative estimate of drug-likeness (QED) is 0.579. The second-order valence-corrected chi connectivity index (χ2v) is 4.96. The molecule has 0 fully saturated rings. The van der Waals surface area contributed by atoms with E-state index in [1.165, 1.54) is 0 Å². The lowest BCUT2D eigenvalue weighted by atomic mass is 10.1. The first kappa shape index (κ1) is 18.8. The van der Waals surface area contributed by atoms with Crippen LogP contribution in [0.25, 0.3) is 0 Å². The molecular formula is C13H7N5O9. The maximum atomic E-state index is 12.2. The molecule has 0 bridgehead atoms. The van der Waals surface area contributed by atoms with Crippen LogP contribution in [-0.2, 0) is 0 Å². The molecule has 14 nitrogen and oxygen atoms in total. The van der Waals surface area contributed by atoms with Crippen molar-refractivity contribution in [2.24, 2.45) is 0 Å². The molecule has 2 aromatic rings. The third-order valence-electron chi connectivity index (χ3n) is 3.17. The first-order valence-electron chi connectivity index (χ1n) is 6.77. The molecule has 0 unspecified atom stereocenters. The van der Waals surface area contributed by atoms with E-state index in [9.17, 15) is 45.3 Å². The predicted octanol–water partition coefficient (Wildman–Crippen LogP) is 2.57. The van der Waals surface area contributed by atoms with Crippen molar-refractivity contribution < 1.29 is 24.5 Å². The van der Waals surface area contributed by atoms with Gasteiger partial charge in [0.1, 0.15) is 0 Å². The van der Waals surface area contributed by atoms with Gasteiger partial charge in [0, 0.05) is 24.3 Å². The van der Waals surface area contributed by atoms with E-state index in [4.69, 9.17) is 0 Å². The van der Waals surface area contributed by atoms with E-state index in [2.05, 4.69) is 5.32 Å². The van der Waals surface area contributed by atoms with Gasteiger partial charge in [0.2, 0.25) is 0 Å². The van der Waals surface area contributed by atoms with Crippen molar-refractivity contribution in [3.05, 3.63) is 82.4 Å².